The van der Waals surface area contributed by atoms with E-state index in [0.29, 0.717) is 0 Å². The Labute approximate surface area is 123 Å². The van der Waals surface area contributed by atoms with Gasteiger partial charge in [0.2, 0.25) is 0 Å². The molecule has 2 nitrogen and oxygen atoms in total. The monoisotopic (exact) mass is 294 g/mol. The lowest BCUT2D eigenvalue weighted by Crippen LogP contribution is -2.39. The summed E-state index contributed by atoms with van der Waals surface area (Å²) in [6.07, 6.45) is 4.86. The minimum absolute atomic E-state index is 0.288. The van der Waals surface area contributed by atoms with E-state index in [-0.39, 0.29) is 5.41 Å². The van der Waals surface area contributed by atoms with Crippen LogP contribution in [0.5, 0.6) is 0 Å². The van der Waals surface area contributed by atoms with Crippen LogP contribution in [0, 0.1) is 0 Å². The average Bonchev–Trinajstić information content (AvgIpc) is 2.83. The lowest BCUT2D eigenvalue weighted by Gasteiger charge is -2.35. The molecule has 2 aromatic rings. The van der Waals surface area contributed by atoms with Crippen LogP contribution in [0.2, 0.25) is 5.02 Å². The first-order valence-corrected chi connectivity index (χ1v) is 8.20. The van der Waals surface area contributed by atoms with Gasteiger partial charge in [0.05, 0.1) is 10.2 Å². The van der Waals surface area contributed by atoms with Crippen LogP contribution < -0.4 is 5.32 Å². The van der Waals surface area contributed by atoms with Crippen LogP contribution in [0.3, 0.4) is 0 Å². The summed E-state index contributed by atoms with van der Waals surface area (Å²) in [7, 11) is 0. The van der Waals surface area contributed by atoms with Crippen molar-refractivity contribution in [2.24, 2.45) is 0 Å². The van der Waals surface area contributed by atoms with E-state index in [1.165, 1.54) is 35.4 Å². The molecule has 4 heteroatoms. The van der Waals surface area contributed by atoms with Gasteiger partial charge in [-0.2, -0.15) is 0 Å². The van der Waals surface area contributed by atoms with Crippen molar-refractivity contribution in [3.8, 4) is 0 Å². The van der Waals surface area contributed by atoms with Gasteiger partial charge in [-0.3, -0.25) is 0 Å². The Balaban J connectivity index is 2.04. The zero-order chi connectivity index (χ0) is 13.3. The average molecular weight is 295 g/mol. The van der Waals surface area contributed by atoms with Gasteiger partial charge >= 0.3 is 0 Å². The summed E-state index contributed by atoms with van der Waals surface area (Å²) in [5.74, 6) is 0. The van der Waals surface area contributed by atoms with E-state index >= 15 is 0 Å². The van der Waals surface area contributed by atoms with Gasteiger partial charge in [0.1, 0.15) is 5.01 Å². The second-order valence-corrected chi connectivity index (χ2v) is 6.88. The molecule has 1 aliphatic rings. The van der Waals surface area contributed by atoms with Crippen molar-refractivity contribution in [3.05, 3.63) is 28.2 Å². The van der Waals surface area contributed by atoms with E-state index < -0.39 is 0 Å². The van der Waals surface area contributed by atoms with Gasteiger partial charge in [-0.25, -0.2) is 4.98 Å². The van der Waals surface area contributed by atoms with Gasteiger partial charge < -0.3 is 5.32 Å². The second-order valence-electron chi connectivity index (χ2n) is 5.41. The molecule has 0 radical (unpaired) electrons. The molecular weight excluding hydrogens is 276 g/mol. The maximum absolute atomic E-state index is 6.08. The first-order chi connectivity index (χ1) is 9.23. The number of aromatic nitrogens is 1. The van der Waals surface area contributed by atoms with Gasteiger partial charge in [-0.05, 0) is 50.6 Å². The molecule has 0 unspecified atom stereocenters. The van der Waals surface area contributed by atoms with Crippen LogP contribution in [0.1, 0.15) is 37.6 Å². The molecule has 2 heterocycles. The normalized spacial score (nSPS) is 18.8. The molecule has 19 heavy (non-hydrogen) atoms. The third kappa shape index (κ3) is 2.51. The predicted octanol–water partition coefficient (Wildman–Crippen LogP) is 4.37. The number of benzene rings is 1. The highest BCUT2D eigenvalue weighted by molar-refractivity contribution is 7.18. The topological polar surface area (TPSA) is 24.9 Å². The molecule has 1 aromatic heterocycles. The zero-order valence-electron chi connectivity index (χ0n) is 11.2. The molecule has 0 saturated carbocycles. The smallest absolute Gasteiger partial charge is 0.100 e. The molecule has 0 aliphatic carbocycles. The van der Waals surface area contributed by atoms with Crippen molar-refractivity contribution in [1.29, 1.82) is 0 Å². The van der Waals surface area contributed by atoms with Crippen LogP contribution in [-0.4, -0.2) is 18.1 Å². The number of piperidine rings is 1. The highest BCUT2D eigenvalue weighted by Crippen LogP contribution is 2.41. The number of hydrogen-bond acceptors (Lipinski definition) is 3. The number of thiazole rings is 1. The lowest BCUT2D eigenvalue weighted by atomic mass is 9.76. The highest BCUT2D eigenvalue weighted by atomic mass is 35.5. The summed E-state index contributed by atoms with van der Waals surface area (Å²) in [6, 6.07) is 6.01. The first kappa shape index (κ1) is 13.3. The van der Waals surface area contributed by atoms with E-state index in [2.05, 4.69) is 12.2 Å². The standard InChI is InChI=1S/C15H19ClN2S/c1-2-5-15(6-8-17-9-7-15)14-18-12-4-3-11(16)10-13(12)19-14/h3-4,10,17H,2,5-9H2,1H3. The quantitative estimate of drug-likeness (QED) is 0.909. The van der Waals surface area contributed by atoms with E-state index in [0.717, 1.165) is 23.6 Å². The van der Waals surface area contributed by atoms with E-state index in [4.69, 9.17) is 16.6 Å². The SMILES string of the molecule is CCCC1(c2nc3ccc(Cl)cc3s2)CCNCC1. The molecule has 1 aliphatic heterocycles. The van der Waals surface area contributed by atoms with Crippen molar-refractivity contribution >= 4 is 33.2 Å². The Morgan fingerprint density at radius 3 is 2.89 bits per heavy atom. The molecule has 1 N–H and O–H groups in total. The van der Waals surface area contributed by atoms with E-state index in [1.54, 1.807) is 0 Å². The number of halogens is 1. The Morgan fingerprint density at radius 1 is 1.37 bits per heavy atom. The van der Waals surface area contributed by atoms with Crippen LogP contribution in [0.15, 0.2) is 18.2 Å². The molecular formula is C15H19ClN2S. The van der Waals surface area contributed by atoms with E-state index in [1.807, 2.05) is 29.5 Å². The van der Waals surface area contributed by atoms with E-state index in [9.17, 15) is 0 Å². The van der Waals surface area contributed by atoms with Crippen molar-refractivity contribution in [2.45, 2.75) is 38.0 Å². The van der Waals surface area contributed by atoms with Gasteiger partial charge in [0.15, 0.2) is 0 Å². The predicted molar refractivity (Wildman–Crippen MR) is 83.3 cm³/mol. The van der Waals surface area contributed by atoms with Gasteiger partial charge in [-0.15, -0.1) is 11.3 Å². The minimum Gasteiger partial charge on any atom is -0.317 e. The van der Waals surface area contributed by atoms with Crippen molar-refractivity contribution in [2.75, 3.05) is 13.1 Å². The molecule has 0 spiro atoms. The van der Waals surface area contributed by atoms with Crippen LogP contribution in [-0.2, 0) is 5.41 Å². The summed E-state index contributed by atoms with van der Waals surface area (Å²) in [5, 5.41) is 5.58. The second kappa shape index (κ2) is 5.39. The minimum atomic E-state index is 0.288. The number of nitrogens with one attached hydrogen (secondary N) is 1. The molecule has 0 bridgehead atoms. The molecule has 1 aromatic carbocycles. The fourth-order valence-electron chi connectivity index (χ4n) is 3.08. The highest BCUT2D eigenvalue weighted by Gasteiger charge is 2.35. The van der Waals surface area contributed by atoms with Crippen molar-refractivity contribution in [1.82, 2.24) is 10.3 Å². The summed E-state index contributed by atoms with van der Waals surface area (Å²) in [5.41, 5.74) is 1.38. The largest absolute Gasteiger partial charge is 0.317 e. The van der Waals surface area contributed by atoms with Crippen LogP contribution in [0.25, 0.3) is 10.2 Å². The number of fused-ring (bicyclic) bond motifs is 1. The molecule has 1 saturated heterocycles. The number of rotatable bonds is 3. The van der Waals surface area contributed by atoms with Gasteiger partial charge in [0, 0.05) is 10.4 Å². The Bertz CT molecular complexity index is 567. The molecule has 0 amide bonds. The van der Waals surface area contributed by atoms with Crippen molar-refractivity contribution in [3.63, 3.8) is 0 Å². The fraction of sp³-hybridized carbons (Fsp3) is 0.533. The number of nitrogens with zero attached hydrogens (tertiary/aromatic N) is 1. The Morgan fingerprint density at radius 2 is 2.16 bits per heavy atom. The summed E-state index contributed by atoms with van der Waals surface area (Å²) in [4.78, 5) is 4.90. The Hall–Kier alpha value is -0.640. The van der Waals surface area contributed by atoms with Gasteiger partial charge in [0.25, 0.3) is 0 Å². The van der Waals surface area contributed by atoms with Crippen LogP contribution >= 0.6 is 22.9 Å². The van der Waals surface area contributed by atoms with Gasteiger partial charge in [-0.1, -0.05) is 24.9 Å². The molecule has 102 valence electrons. The third-order valence-corrected chi connectivity index (χ3v) is 5.59. The first-order valence-electron chi connectivity index (χ1n) is 7.01. The maximum atomic E-state index is 6.08. The molecule has 1 fully saturated rings. The summed E-state index contributed by atoms with van der Waals surface area (Å²) >= 11 is 7.91. The summed E-state index contributed by atoms with van der Waals surface area (Å²) < 4.78 is 1.22. The summed E-state index contributed by atoms with van der Waals surface area (Å²) in [6.45, 7) is 4.49. The lowest BCUT2D eigenvalue weighted by molar-refractivity contribution is 0.285. The molecule has 0 atom stereocenters. The fourth-order valence-corrected chi connectivity index (χ4v) is 4.60. The maximum Gasteiger partial charge on any atom is 0.100 e. The zero-order valence-corrected chi connectivity index (χ0v) is 12.8. The molecule has 3 rings (SSSR count). The third-order valence-electron chi connectivity index (χ3n) is 4.09. The van der Waals surface area contributed by atoms with Crippen molar-refractivity contribution < 1.29 is 0 Å². The van der Waals surface area contributed by atoms with Crippen LogP contribution in [0.4, 0.5) is 0 Å². The number of hydrogen-bond donors (Lipinski definition) is 1. The Kier molecular flexibility index (Phi) is 3.79.